The number of methoxy groups -OCH3 is 2. The number of carbonyl (C=O) groups is 1. The quantitative estimate of drug-likeness (QED) is 0.584. The Kier molecular flexibility index (Phi) is 5.91. The summed E-state index contributed by atoms with van der Waals surface area (Å²) < 4.78 is 12.6. The zero-order chi connectivity index (χ0) is 19.4. The van der Waals surface area contributed by atoms with Crippen molar-refractivity contribution in [1.82, 2.24) is 14.5 Å². The van der Waals surface area contributed by atoms with Gasteiger partial charge in [-0.15, -0.1) is 0 Å². The smallest absolute Gasteiger partial charge is 0.233 e. The normalized spacial score (nSPS) is 10.8. The summed E-state index contributed by atoms with van der Waals surface area (Å²) in [5.74, 6) is 1.71. The van der Waals surface area contributed by atoms with E-state index in [1.807, 2.05) is 54.1 Å². The van der Waals surface area contributed by atoms with E-state index in [4.69, 9.17) is 9.47 Å². The summed E-state index contributed by atoms with van der Waals surface area (Å²) in [6.07, 6.45) is 0. The molecule has 0 unspecified atom stereocenters. The number of imidazole rings is 1. The maximum absolute atomic E-state index is 12.5. The van der Waals surface area contributed by atoms with Crippen molar-refractivity contribution in [2.24, 2.45) is 7.05 Å². The second-order valence-corrected chi connectivity index (χ2v) is 7.11. The summed E-state index contributed by atoms with van der Waals surface area (Å²) in [5, 5.41) is 0.837. The molecular formula is C20H23N3O3S. The molecule has 3 rings (SSSR count). The monoisotopic (exact) mass is 385 g/mol. The zero-order valence-electron chi connectivity index (χ0n) is 15.9. The van der Waals surface area contributed by atoms with Crippen LogP contribution in [0.2, 0.25) is 0 Å². The highest BCUT2D eigenvalue weighted by atomic mass is 32.2. The van der Waals surface area contributed by atoms with E-state index < -0.39 is 0 Å². The molecule has 0 aliphatic carbocycles. The van der Waals surface area contributed by atoms with E-state index in [2.05, 4.69) is 4.98 Å². The number of benzene rings is 2. The molecule has 0 fully saturated rings. The highest BCUT2D eigenvalue weighted by Gasteiger charge is 2.14. The Bertz CT molecular complexity index is 955. The fourth-order valence-electron chi connectivity index (χ4n) is 2.83. The average Bonchev–Trinajstić information content (AvgIpc) is 3.01. The number of amides is 1. The minimum atomic E-state index is 0.0434. The first kappa shape index (κ1) is 19.1. The van der Waals surface area contributed by atoms with Gasteiger partial charge < -0.3 is 18.9 Å². The Hall–Kier alpha value is -2.67. The van der Waals surface area contributed by atoms with Gasteiger partial charge in [0.15, 0.2) is 16.7 Å². The van der Waals surface area contributed by atoms with Gasteiger partial charge in [0.1, 0.15) is 0 Å². The van der Waals surface area contributed by atoms with Crippen LogP contribution >= 0.6 is 11.8 Å². The minimum Gasteiger partial charge on any atom is -0.493 e. The van der Waals surface area contributed by atoms with Gasteiger partial charge in [0, 0.05) is 20.6 Å². The molecule has 0 N–H and O–H groups in total. The van der Waals surface area contributed by atoms with Crippen LogP contribution in [0.3, 0.4) is 0 Å². The topological polar surface area (TPSA) is 56.6 Å². The first-order valence-corrected chi connectivity index (χ1v) is 9.51. The number of aryl methyl sites for hydroxylation is 1. The lowest BCUT2D eigenvalue weighted by atomic mass is 10.2. The standard InChI is InChI=1S/C20H23N3O3S/c1-22(12-14-9-10-17(25-3)18(11-14)26-4)19(24)13-27-20-21-15-7-5-6-8-16(15)23(20)2/h5-11H,12-13H2,1-4H3. The van der Waals surface area contributed by atoms with Gasteiger partial charge in [-0.25, -0.2) is 4.98 Å². The van der Waals surface area contributed by atoms with Crippen LogP contribution in [0.5, 0.6) is 11.5 Å². The first-order chi connectivity index (χ1) is 13.0. The SMILES string of the molecule is COc1ccc(CN(C)C(=O)CSc2nc3ccccc3n2C)cc1OC. The van der Waals surface area contributed by atoms with E-state index in [1.54, 1.807) is 26.2 Å². The summed E-state index contributed by atoms with van der Waals surface area (Å²) in [6, 6.07) is 13.6. The first-order valence-electron chi connectivity index (χ1n) is 8.52. The molecule has 1 heterocycles. The zero-order valence-corrected chi connectivity index (χ0v) is 16.7. The number of aromatic nitrogens is 2. The van der Waals surface area contributed by atoms with Crippen LogP contribution in [0.4, 0.5) is 0 Å². The molecule has 1 aromatic heterocycles. The van der Waals surface area contributed by atoms with Crippen LogP contribution < -0.4 is 9.47 Å². The molecule has 27 heavy (non-hydrogen) atoms. The largest absolute Gasteiger partial charge is 0.493 e. The maximum atomic E-state index is 12.5. The minimum absolute atomic E-state index is 0.0434. The molecular weight excluding hydrogens is 362 g/mol. The molecule has 7 heteroatoms. The lowest BCUT2D eigenvalue weighted by Crippen LogP contribution is -2.27. The predicted octanol–water partition coefficient (Wildman–Crippen LogP) is 3.34. The summed E-state index contributed by atoms with van der Waals surface area (Å²) >= 11 is 1.45. The number of ether oxygens (including phenoxy) is 2. The molecule has 1 amide bonds. The predicted molar refractivity (Wildman–Crippen MR) is 107 cm³/mol. The van der Waals surface area contributed by atoms with Gasteiger partial charge in [-0.1, -0.05) is 30.0 Å². The number of nitrogens with zero attached hydrogens (tertiary/aromatic N) is 3. The molecule has 0 saturated carbocycles. The van der Waals surface area contributed by atoms with Crippen LogP contribution in [0.1, 0.15) is 5.56 Å². The van der Waals surface area contributed by atoms with E-state index in [0.717, 1.165) is 21.8 Å². The third-order valence-electron chi connectivity index (χ3n) is 4.36. The lowest BCUT2D eigenvalue weighted by Gasteiger charge is -2.18. The van der Waals surface area contributed by atoms with Gasteiger partial charge in [0.05, 0.1) is 31.0 Å². The molecule has 0 spiro atoms. The molecule has 6 nitrogen and oxygen atoms in total. The van der Waals surface area contributed by atoms with Crippen molar-refractivity contribution in [3.8, 4) is 11.5 Å². The van der Waals surface area contributed by atoms with Crippen molar-refractivity contribution in [2.75, 3.05) is 27.0 Å². The molecule has 0 radical (unpaired) electrons. The number of rotatable bonds is 7. The summed E-state index contributed by atoms with van der Waals surface area (Å²) in [6.45, 7) is 0.502. The highest BCUT2D eigenvalue weighted by molar-refractivity contribution is 7.99. The van der Waals surface area contributed by atoms with Crippen LogP contribution in [-0.4, -0.2) is 47.4 Å². The Morgan fingerprint density at radius 2 is 1.89 bits per heavy atom. The number of hydrogen-bond acceptors (Lipinski definition) is 5. The summed E-state index contributed by atoms with van der Waals surface area (Å²) in [5.41, 5.74) is 2.98. The molecule has 2 aromatic carbocycles. The van der Waals surface area contributed by atoms with E-state index in [0.29, 0.717) is 23.8 Å². The fourth-order valence-corrected chi connectivity index (χ4v) is 3.76. The number of thioether (sulfide) groups is 1. The van der Waals surface area contributed by atoms with Gasteiger partial charge in [0.25, 0.3) is 0 Å². The number of fused-ring (bicyclic) bond motifs is 1. The van der Waals surface area contributed by atoms with Gasteiger partial charge in [-0.3, -0.25) is 4.79 Å². The van der Waals surface area contributed by atoms with Crippen LogP contribution in [0.25, 0.3) is 11.0 Å². The molecule has 0 aliphatic heterocycles. The van der Waals surface area contributed by atoms with Crippen molar-refractivity contribution in [3.05, 3.63) is 48.0 Å². The second-order valence-electron chi connectivity index (χ2n) is 6.17. The molecule has 0 aliphatic rings. The van der Waals surface area contributed by atoms with E-state index in [9.17, 15) is 4.79 Å². The van der Waals surface area contributed by atoms with Crippen LogP contribution in [-0.2, 0) is 18.4 Å². The average molecular weight is 385 g/mol. The Morgan fingerprint density at radius 1 is 1.15 bits per heavy atom. The van der Waals surface area contributed by atoms with Crippen molar-refractivity contribution in [2.45, 2.75) is 11.7 Å². The number of para-hydroxylation sites is 2. The maximum Gasteiger partial charge on any atom is 0.233 e. The number of hydrogen-bond donors (Lipinski definition) is 0. The Labute approximate surface area is 163 Å². The number of carbonyl (C=O) groups excluding carboxylic acids is 1. The van der Waals surface area contributed by atoms with Gasteiger partial charge in [-0.05, 0) is 29.8 Å². The van der Waals surface area contributed by atoms with Crippen molar-refractivity contribution >= 4 is 28.7 Å². The van der Waals surface area contributed by atoms with Crippen molar-refractivity contribution in [1.29, 1.82) is 0 Å². The molecule has 0 atom stereocenters. The molecule has 142 valence electrons. The van der Waals surface area contributed by atoms with E-state index in [1.165, 1.54) is 11.8 Å². The lowest BCUT2D eigenvalue weighted by molar-refractivity contribution is -0.127. The van der Waals surface area contributed by atoms with Gasteiger partial charge in [0.2, 0.25) is 5.91 Å². The van der Waals surface area contributed by atoms with Crippen LogP contribution in [0.15, 0.2) is 47.6 Å². The summed E-state index contributed by atoms with van der Waals surface area (Å²) in [4.78, 5) is 18.8. The Morgan fingerprint density at radius 3 is 2.59 bits per heavy atom. The van der Waals surface area contributed by atoms with Crippen molar-refractivity contribution in [3.63, 3.8) is 0 Å². The second kappa shape index (κ2) is 8.35. The van der Waals surface area contributed by atoms with Crippen LogP contribution in [0, 0.1) is 0 Å². The highest BCUT2D eigenvalue weighted by Crippen LogP contribution is 2.28. The molecule has 3 aromatic rings. The third-order valence-corrected chi connectivity index (χ3v) is 5.38. The van der Waals surface area contributed by atoms with Crippen molar-refractivity contribution < 1.29 is 14.3 Å². The molecule has 0 saturated heterocycles. The summed E-state index contributed by atoms with van der Waals surface area (Å²) in [7, 11) is 6.97. The third kappa shape index (κ3) is 4.19. The fraction of sp³-hybridized carbons (Fsp3) is 0.300. The van der Waals surface area contributed by atoms with E-state index >= 15 is 0 Å². The van der Waals surface area contributed by atoms with Gasteiger partial charge in [-0.2, -0.15) is 0 Å². The van der Waals surface area contributed by atoms with E-state index in [-0.39, 0.29) is 5.91 Å². The molecule has 0 bridgehead atoms. The van der Waals surface area contributed by atoms with Gasteiger partial charge >= 0.3 is 0 Å². The Balaban J connectivity index is 1.63.